The molecule has 1 heterocycles. The van der Waals surface area contributed by atoms with Crippen LogP contribution in [0.4, 0.5) is 0 Å². The highest BCUT2D eigenvalue weighted by molar-refractivity contribution is 5.69. The van der Waals surface area contributed by atoms with E-state index in [-0.39, 0.29) is 6.42 Å². The minimum Gasteiger partial charge on any atom is -0.481 e. The number of hydrogen-bond acceptors (Lipinski definition) is 3. The Bertz CT molecular complexity index is 273. The summed E-state index contributed by atoms with van der Waals surface area (Å²) in [5.74, 6) is -0.869. The van der Waals surface area contributed by atoms with Gasteiger partial charge in [-0.25, -0.2) is 9.97 Å². The smallest absolute Gasteiger partial charge is 0.309 e. The van der Waals surface area contributed by atoms with Crippen LogP contribution in [0, 0.1) is 6.92 Å². The van der Waals surface area contributed by atoms with Crippen molar-refractivity contribution in [3.8, 4) is 0 Å². The fourth-order valence-corrected chi connectivity index (χ4v) is 0.753. The Morgan fingerprint density at radius 3 is 3.00 bits per heavy atom. The fourth-order valence-electron chi connectivity index (χ4n) is 0.753. The number of rotatable bonds is 2. The topological polar surface area (TPSA) is 63.1 Å². The van der Waals surface area contributed by atoms with E-state index in [1.54, 1.807) is 13.1 Å². The van der Waals surface area contributed by atoms with Gasteiger partial charge in [-0.3, -0.25) is 4.79 Å². The first-order chi connectivity index (χ1) is 5.20. The predicted octanol–water partition coefficient (Wildman–Crippen LogP) is 0.412. The molecule has 0 saturated heterocycles. The van der Waals surface area contributed by atoms with Crippen molar-refractivity contribution in [2.24, 2.45) is 0 Å². The average Bonchev–Trinajstić information content (AvgIpc) is 1.93. The molecule has 58 valence electrons. The van der Waals surface area contributed by atoms with Gasteiger partial charge < -0.3 is 5.11 Å². The highest BCUT2D eigenvalue weighted by Gasteiger charge is 2.03. The van der Waals surface area contributed by atoms with Gasteiger partial charge in [-0.1, -0.05) is 0 Å². The lowest BCUT2D eigenvalue weighted by molar-refractivity contribution is -0.136. The van der Waals surface area contributed by atoms with E-state index in [1.165, 1.54) is 6.33 Å². The zero-order chi connectivity index (χ0) is 8.27. The van der Waals surface area contributed by atoms with Gasteiger partial charge in [0.2, 0.25) is 0 Å². The molecule has 4 nitrogen and oxygen atoms in total. The minimum absolute atomic E-state index is 0.0334. The van der Waals surface area contributed by atoms with E-state index in [0.29, 0.717) is 5.69 Å². The molecule has 0 aliphatic carbocycles. The maximum absolute atomic E-state index is 10.3. The first-order valence-electron chi connectivity index (χ1n) is 3.17. The quantitative estimate of drug-likeness (QED) is 0.666. The van der Waals surface area contributed by atoms with Gasteiger partial charge in [-0.05, 0) is 12.5 Å². The summed E-state index contributed by atoms with van der Waals surface area (Å²) in [6.45, 7) is 1.79. The van der Waals surface area contributed by atoms with Gasteiger partial charge in [0.1, 0.15) is 6.33 Å². The van der Waals surface area contributed by atoms with Gasteiger partial charge in [0, 0.05) is 6.20 Å². The molecule has 1 N–H and O–H groups in total. The van der Waals surface area contributed by atoms with Gasteiger partial charge in [0.25, 0.3) is 0 Å². The molecule has 0 spiro atoms. The Kier molecular flexibility index (Phi) is 2.15. The van der Waals surface area contributed by atoms with Crippen molar-refractivity contribution in [1.82, 2.24) is 9.97 Å². The van der Waals surface area contributed by atoms with E-state index in [1.807, 2.05) is 0 Å². The summed E-state index contributed by atoms with van der Waals surface area (Å²) in [7, 11) is 0. The summed E-state index contributed by atoms with van der Waals surface area (Å²) in [6.07, 6.45) is 2.92. The van der Waals surface area contributed by atoms with Crippen molar-refractivity contribution < 1.29 is 9.90 Å². The molecule has 0 aliphatic heterocycles. The lowest BCUT2D eigenvalue weighted by Gasteiger charge is -1.97. The Balaban J connectivity index is 2.86. The van der Waals surface area contributed by atoms with E-state index < -0.39 is 5.97 Å². The molecule has 0 amide bonds. The molecule has 1 aromatic rings. The molecule has 0 atom stereocenters. The molecule has 0 saturated carbocycles. The second kappa shape index (κ2) is 3.09. The number of aliphatic carboxylic acids is 1. The molecular weight excluding hydrogens is 144 g/mol. The maximum atomic E-state index is 10.3. The standard InChI is InChI=1S/C7H8N2O2/c1-5-3-8-4-9-6(5)2-7(10)11/h3-4H,2H2,1H3,(H,10,11). The van der Waals surface area contributed by atoms with Gasteiger partial charge in [0.05, 0.1) is 12.1 Å². The molecule has 0 bridgehead atoms. The van der Waals surface area contributed by atoms with E-state index in [4.69, 9.17) is 5.11 Å². The van der Waals surface area contributed by atoms with Crippen molar-refractivity contribution >= 4 is 5.97 Å². The van der Waals surface area contributed by atoms with Crippen LogP contribution in [0.15, 0.2) is 12.5 Å². The largest absolute Gasteiger partial charge is 0.481 e. The lowest BCUT2D eigenvalue weighted by Crippen LogP contribution is -2.04. The lowest BCUT2D eigenvalue weighted by atomic mass is 10.2. The third-order valence-corrected chi connectivity index (χ3v) is 1.32. The second-order valence-electron chi connectivity index (χ2n) is 2.22. The molecule has 0 fully saturated rings. The van der Waals surface area contributed by atoms with Gasteiger partial charge in [0.15, 0.2) is 0 Å². The monoisotopic (exact) mass is 152 g/mol. The molecule has 1 rings (SSSR count). The number of hydrogen-bond donors (Lipinski definition) is 1. The number of aromatic nitrogens is 2. The normalized spacial score (nSPS) is 9.55. The minimum atomic E-state index is -0.869. The first-order valence-corrected chi connectivity index (χ1v) is 3.17. The van der Waals surface area contributed by atoms with E-state index in [9.17, 15) is 4.79 Å². The van der Waals surface area contributed by atoms with Crippen molar-refractivity contribution in [2.75, 3.05) is 0 Å². The van der Waals surface area contributed by atoms with Crippen LogP contribution >= 0.6 is 0 Å². The van der Waals surface area contributed by atoms with E-state index in [0.717, 1.165) is 5.56 Å². The molecular formula is C7H8N2O2. The molecule has 4 heteroatoms. The fraction of sp³-hybridized carbons (Fsp3) is 0.286. The van der Waals surface area contributed by atoms with Crippen molar-refractivity contribution in [2.45, 2.75) is 13.3 Å². The Hall–Kier alpha value is -1.45. The van der Waals surface area contributed by atoms with Crippen LogP contribution in [-0.2, 0) is 11.2 Å². The predicted molar refractivity (Wildman–Crippen MR) is 38.1 cm³/mol. The highest BCUT2D eigenvalue weighted by atomic mass is 16.4. The van der Waals surface area contributed by atoms with E-state index in [2.05, 4.69) is 9.97 Å². The van der Waals surface area contributed by atoms with Crippen LogP contribution < -0.4 is 0 Å². The Morgan fingerprint density at radius 1 is 1.73 bits per heavy atom. The van der Waals surface area contributed by atoms with Crippen LogP contribution in [0.5, 0.6) is 0 Å². The number of aryl methyl sites for hydroxylation is 1. The maximum Gasteiger partial charge on any atom is 0.309 e. The van der Waals surface area contributed by atoms with Crippen LogP contribution in [0.3, 0.4) is 0 Å². The number of carboxylic acid groups (broad SMARTS) is 1. The summed E-state index contributed by atoms with van der Waals surface area (Å²) in [4.78, 5) is 17.8. The molecule has 0 aliphatic rings. The van der Waals surface area contributed by atoms with Gasteiger partial charge in [-0.2, -0.15) is 0 Å². The van der Waals surface area contributed by atoms with Crippen LogP contribution in [0.25, 0.3) is 0 Å². The highest BCUT2D eigenvalue weighted by Crippen LogP contribution is 2.01. The summed E-state index contributed by atoms with van der Waals surface area (Å²) in [6, 6.07) is 0. The SMILES string of the molecule is Cc1cncnc1CC(=O)O. The molecule has 0 radical (unpaired) electrons. The van der Waals surface area contributed by atoms with Crippen molar-refractivity contribution in [3.05, 3.63) is 23.8 Å². The Labute approximate surface area is 63.9 Å². The molecule has 1 aromatic heterocycles. The van der Waals surface area contributed by atoms with Crippen LogP contribution in [0.2, 0.25) is 0 Å². The first kappa shape index (κ1) is 7.65. The number of nitrogens with zero attached hydrogens (tertiary/aromatic N) is 2. The molecule has 11 heavy (non-hydrogen) atoms. The van der Waals surface area contributed by atoms with Crippen molar-refractivity contribution in [1.29, 1.82) is 0 Å². The van der Waals surface area contributed by atoms with Crippen LogP contribution in [-0.4, -0.2) is 21.0 Å². The Morgan fingerprint density at radius 2 is 2.45 bits per heavy atom. The number of carboxylic acids is 1. The summed E-state index contributed by atoms with van der Waals surface area (Å²) < 4.78 is 0. The van der Waals surface area contributed by atoms with Gasteiger partial charge in [-0.15, -0.1) is 0 Å². The van der Waals surface area contributed by atoms with Crippen LogP contribution in [0.1, 0.15) is 11.3 Å². The molecule has 0 aromatic carbocycles. The molecule has 0 unspecified atom stereocenters. The second-order valence-corrected chi connectivity index (χ2v) is 2.22. The summed E-state index contributed by atoms with van der Waals surface area (Å²) >= 11 is 0. The number of carbonyl (C=O) groups is 1. The third kappa shape index (κ3) is 2.00. The van der Waals surface area contributed by atoms with Crippen molar-refractivity contribution in [3.63, 3.8) is 0 Å². The zero-order valence-electron chi connectivity index (χ0n) is 6.11. The average molecular weight is 152 g/mol. The third-order valence-electron chi connectivity index (χ3n) is 1.32. The summed E-state index contributed by atoms with van der Waals surface area (Å²) in [5, 5.41) is 8.43. The zero-order valence-corrected chi connectivity index (χ0v) is 6.11. The van der Waals surface area contributed by atoms with Gasteiger partial charge >= 0.3 is 5.97 Å². The summed E-state index contributed by atoms with van der Waals surface area (Å²) in [5.41, 5.74) is 1.39. The van der Waals surface area contributed by atoms with E-state index >= 15 is 0 Å².